The van der Waals surface area contributed by atoms with E-state index in [1.165, 1.54) is 0 Å². The predicted molar refractivity (Wildman–Crippen MR) is 99.8 cm³/mol. The minimum absolute atomic E-state index is 0.0720. The van der Waals surface area contributed by atoms with Crippen LogP contribution in [0.1, 0.15) is 32.4 Å². The lowest BCUT2D eigenvalue weighted by molar-refractivity contribution is 0.0948. The molecule has 2 amide bonds. The van der Waals surface area contributed by atoms with Gasteiger partial charge in [-0.1, -0.05) is 17.3 Å². The van der Waals surface area contributed by atoms with Gasteiger partial charge in [-0.25, -0.2) is 4.98 Å². The van der Waals surface area contributed by atoms with Crippen molar-refractivity contribution in [3.8, 4) is 0 Å². The van der Waals surface area contributed by atoms with Crippen LogP contribution in [0.5, 0.6) is 0 Å². The highest BCUT2D eigenvalue weighted by Gasteiger charge is 2.22. The van der Waals surface area contributed by atoms with Crippen molar-refractivity contribution in [3.05, 3.63) is 77.8 Å². The van der Waals surface area contributed by atoms with Gasteiger partial charge in [-0.15, -0.1) is 0 Å². The maximum absolute atomic E-state index is 12.7. The van der Waals surface area contributed by atoms with Gasteiger partial charge >= 0.3 is 0 Å². The minimum Gasteiger partial charge on any atom is -0.360 e. The first-order valence-corrected chi connectivity index (χ1v) is 8.50. The highest BCUT2D eigenvalue weighted by Crippen LogP contribution is 2.15. The van der Waals surface area contributed by atoms with Crippen molar-refractivity contribution in [2.24, 2.45) is 0 Å². The summed E-state index contributed by atoms with van der Waals surface area (Å²) in [5, 5.41) is 9.15. The Hall–Kier alpha value is -4.01. The van der Waals surface area contributed by atoms with Gasteiger partial charge in [0.25, 0.3) is 11.8 Å². The average molecular weight is 376 g/mol. The van der Waals surface area contributed by atoms with Gasteiger partial charge in [0.05, 0.1) is 5.52 Å². The van der Waals surface area contributed by atoms with Crippen molar-refractivity contribution in [2.45, 2.75) is 13.5 Å². The van der Waals surface area contributed by atoms with E-state index in [0.29, 0.717) is 17.8 Å². The van der Waals surface area contributed by atoms with E-state index in [-0.39, 0.29) is 23.2 Å². The normalized spacial score (nSPS) is 10.8. The largest absolute Gasteiger partial charge is 0.360 e. The molecule has 140 valence electrons. The zero-order chi connectivity index (χ0) is 19.5. The summed E-state index contributed by atoms with van der Waals surface area (Å²) in [5.41, 5.74) is 1.54. The third kappa shape index (κ3) is 3.45. The molecule has 4 aromatic heterocycles. The molecule has 0 bridgehead atoms. The Labute approximate surface area is 159 Å². The number of amides is 2. The second-order valence-corrected chi connectivity index (χ2v) is 6.06. The summed E-state index contributed by atoms with van der Waals surface area (Å²) < 4.78 is 6.50. The fourth-order valence-corrected chi connectivity index (χ4v) is 2.73. The molecule has 0 aliphatic heterocycles. The molecule has 0 unspecified atom stereocenters. The minimum atomic E-state index is -0.499. The molecule has 4 aromatic rings. The number of carbonyl (C=O) groups excluding carboxylic acids is 2. The molecule has 28 heavy (non-hydrogen) atoms. The predicted octanol–water partition coefficient (Wildman–Crippen LogP) is 2.21. The average Bonchev–Trinajstić information content (AvgIpc) is 3.30. The van der Waals surface area contributed by atoms with Gasteiger partial charge in [0.2, 0.25) is 5.82 Å². The molecule has 2 N–H and O–H groups in total. The molecule has 0 radical (unpaired) electrons. The van der Waals surface area contributed by atoms with Gasteiger partial charge in [0.15, 0.2) is 11.5 Å². The molecule has 9 heteroatoms. The SMILES string of the molecule is Cc1cc(NC(=O)c2nc(C(=O)NCc3cccnc3)c3ccccn23)no1. The van der Waals surface area contributed by atoms with Crippen LogP contribution < -0.4 is 10.6 Å². The highest BCUT2D eigenvalue weighted by atomic mass is 16.5. The zero-order valence-corrected chi connectivity index (χ0v) is 14.9. The van der Waals surface area contributed by atoms with E-state index in [0.717, 1.165) is 5.56 Å². The standard InChI is InChI=1S/C19H16N6O3/c1-12-9-15(24-28-12)22-19(27)17-23-16(14-6-2-3-8-25(14)17)18(26)21-11-13-5-4-7-20-10-13/h2-10H,11H2,1H3,(H,21,26)(H,22,24,27). The summed E-state index contributed by atoms with van der Waals surface area (Å²) in [7, 11) is 0. The van der Waals surface area contributed by atoms with Gasteiger partial charge in [0.1, 0.15) is 5.76 Å². The van der Waals surface area contributed by atoms with Crippen LogP contribution in [0.4, 0.5) is 5.82 Å². The Morgan fingerprint density at radius 1 is 1.18 bits per heavy atom. The van der Waals surface area contributed by atoms with Gasteiger partial charge in [0, 0.05) is 31.2 Å². The van der Waals surface area contributed by atoms with E-state index in [4.69, 9.17) is 4.52 Å². The van der Waals surface area contributed by atoms with Crippen molar-refractivity contribution >= 4 is 23.1 Å². The number of hydrogen-bond acceptors (Lipinski definition) is 6. The number of nitrogens with one attached hydrogen (secondary N) is 2. The summed E-state index contributed by atoms with van der Waals surface area (Å²) in [6.07, 6.45) is 5.00. The maximum atomic E-state index is 12.7. The van der Waals surface area contributed by atoms with Gasteiger partial charge in [-0.05, 0) is 30.7 Å². The lowest BCUT2D eigenvalue weighted by atomic mass is 10.2. The van der Waals surface area contributed by atoms with Crippen molar-refractivity contribution in [1.82, 2.24) is 24.8 Å². The number of pyridine rings is 2. The number of fused-ring (bicyclic) bond motifs is 1. The van der Waals surface area contributed by atoms with Gasteiger partial charge in [-0.3, -0.25) is 19.0 Å². The summed E-state index contributed by atoms with van der Waals surface area (Å²) in [4.78, 5) is 33.6. The van der Waals surface area contributed by atoms with E-state index in [2.05, 4.69) is 25.8 Å². The topological polar surface area (TPSA) is 114 Å². The third-order valence-corrected chi connectivity index (χ3v) is 4.01. The quantitative estimate of drug-likeness (QED) is 0.552. The first kappa shape index (κ1) is 17.4. The van der Waals surface area contributed by atoms with Crippen LogP contribution in [0.2, 0.25) is 0 Å². The molecule has 0 aliphatic rings. The van der Waals surface area contributed by atoms with Gasteiger partial charge in [-0.2, -0.15) is 0 Å². The number of hydrogen-bond donors (Lipinski definition) is 2. The molecular formula is C19H16N6O3. The van der Waals surface area contributed by atoms with E-state index >= 15 is 0 Å². The third-order valence-electron chi connectivity index (χ3n) is 4.01. The van der Waals surface area contributed by atoms with E-state index in [1.807, 2.05) is 6.07 Å². The second kappa shape index (κ2) is 7.31. The first-order valence-electron chi connectivity index (χ1n) is 8.50. The number of rotatable bonds is 5. The van der Waals surface area contributed by atoms with Gasteiger partial charge < -0.3 is 15.2 Å². The number of anilines is 1. The number of carbonyl (C=O) groups is 2. The van der Waals surface area contributed by atoms with Crippen LogP contribution in [0.3, 0.4) is 0 Å². The van der Waals surface area contributed by atoms with Crippen LogP contribution >= 0.6 is 0 Å². The summed E-state index contributed by atoms with van der Waals surface area (Å²) in [5.74, 6) is 0.0315. The molecule has 0 aliphatic carbocycles. The van der Waals surface area contributed by atoms with Crippen LogP contribution in [-0.4, -0.2) is 31.3 Å². The van der Waals surface area contributed by atoms with Crippen LogP contribution in [0, 0.1) is 6.92 Å². The van der Waals surface area contributed by atoms with Crippen molar-refractivity contribution in [1.29, 1.82) is 0 Å². The zero-order valence-electron chi connectivity index (χ0n) is 14.9. The highest BCUT2D eigenvalue weighted by molar-refractivity contribution is 6.05. The smallest absolute Gasteiger partial charge is 0.293 e. The Kier molecular flexibility index (Phi) is 4.55. The van der Waals surface area contributed by atoms with Crippen LogP contribution in [-0.2, 0) is 6.54 Å². The Bertz CT molecular complexity index is 1150. The maximum Gasteiger partial charge on any atom is 0.293 e. The Morgan fingerprint density at radius 2 is 2.07 bits per heavy atom. The molecule has 0 atom stereocenters. The molecule has 9 nitrogen and oxygen atoms in total. The number of nitrogens with zero attached hydrogens (tertiary/aromatic N) is 4. The molecule has 0 aromatic carbocycles. The fourth-order valence-electron chi connectivity index (χ4n) is 2.73. The fraction of sp³-hybridized carbons (Fsp3) is 0.105. The Balaban J connectivity index is 1.60. The molecule has 0 fully saturated rings. The molecule has 4 rings (SSSR count). The van der Waals surface area contributed by atoms with Crippen molar-refractivity contribution in [2.75, 3.05) is 5.32 Å². The summed E-state index contributed by atoms with van der Waals surface area (Å²) >= 11 is 0. The van der Waals surface area contributed by atoms with E-state index in [1.54, 1.807) is 60.2 Å². The van der Waals surface area contributed by atoms with Crippen molar-refractivity contribution < 1.29 is 14.1 Å². The lowest BCUT2D eigenvalue weighted by Crippen LogP contribution is -2.23. The monoisotopic (exact) mass is 376 g/mol. The summed E-state index contributed by atoms with van der Waals surface area (Å²) in [6, 6.07) is 10.5. The number of imidazole rings is 1. The lowest BCUT2D eigenvalue weighted by Gasteiger charge is -2.03. The summed E-state index contributed by atoms with van der Waals surface area (Å²) in [6.45, 7) is 2.02. The Morgan fingerprint density at radius 3 is 2.82 bits per heavy atom. The second-order valence-electron chi connectivity index (χ2n) is 6.06. The van der Waals surface area contributed by atoms with E-state index in [9.17, 15) is 9.59 Å². The van der Waals surface area contributed by atoms with Crippen molar-refractivity contribution in [3.63, 3.8) is 0 Å². The molecule has 0 saturated carbocycles. The molecular weight excluding hydrogens is 360 g/mol. The van der Waals surface area contributed by atoms with Crippen LogP contribution in [0.15, 0.2) is 59.5 Å². The number of aryl methyl sites for hydroxylation is 1. The molecule has 0 saturated heterocycles. The first-order chi connectivity index (χ1) is 13.6. The van der Waals surface area contributed by atoms with E-state index < -0.39 is 5.91 Å². The number of aromatic nitrogens is 4. The molecule has 4 heterocycles. The molecule has 0 spiro atoms. The van der Waals surface area contributed by atoms with Crippen LogP contribution in [0.25, 0.3) is 5.52 Å².